The Kier molecular flexibility index (Phi) is 1.56. The lowest BCUT2D eigenvalue weighted by Gasteiger charge is -2.16. The fourth-order valence-electron chi connectivity index (χ4n) is 0.829. The molecule has 0 atom stereocenters. The van der Waals surface area contributed by atoms with E-state index in [1.54, 1.807) is 18.5 Å². The highest BCUT2D eigenvalue weighted by molar-refractivity contribution is 6.44. The third-order valence-electron chi connectivity index (χ3n) is 1.35. The van der Waals surface area contributed by atoms with E-state index in [2.05, 4.69) is 5.48 Å². The average Bonchev–Trinajstić information content (AvgIpc) is 2.36. The summed E-state index contributed by atoms with van der Waals surface area (Å²) in [6.07, 6.45) is 4.99. The molecule has 2 heterocycles. The average molecular weight is 191 g/mol. The molecule has 0 unspecified atom stereocenters. The lowest BCUT2D eigenvalue weighted by molar-refractivity contribution is -0.112. The fraction of sp³-hybridized carbons (Fsp3) is 0. The van der Waals surface area contributed by atoms with Crippen LogP contribution in [0.1, 0.15) is 0 Å². The molecule has 11 heavy (non-hydrogen) atoms. The molecular formula is C6H4Cl2N2O. The van der Waals surface area contributed by atoms with Crippen LogP contribution in [0.4, 0.5) is 0 Å². The summed E-state index contributed by atoms with van der Waals surface area (Å²) in [6.45, 7) is 0. The monoisotopic (exact) mass is 190 g/mol. The minimum Gasteiger partial charge on any atom is -0.247 e. The zero-order chi connectivity index (χ0) is 7.84. The summed E-state index contributed by atoms with van der Waals surface area (Å²) in [5, 5.41) is 2.47. The molecule has 0 aliphatic carbocycles. The highest BCUT2D eigenvalue weighted by Crippen LogP contribution is 2.29. The van der Waals surface area contributed by atoms with Gasteiger partial charge in [0.2, 0.25) is 0 Å². The molecule has 5 heteroatoms. The molecule has 0 fully saturated rings. The molecule has 0 aromatic heterocycles. The van der Waals surface area contributed by atoms with Gasteiger partial charge in [0, 0.05) is 0 Å². The molecule has 0 saturated carbocycles. The van der Waals surface area contributed by atoms with Crippen molar-refractivity contribution in [2.24, 2.45) is 0 Å². The van der Waals surface area contributed by atoms with Crippen molar-refractivity contribution in [1.82, 2.24) is 10.5 Å². The number of hydrogen-bond acceptors (Lipinski definition) is 3. The lowest BCUT2D eigenvalue weighted by Crippen LogP contribution is -2.16. The van der Waals surface area contributed by atoms with Crippen molar-refractivity contribution in [2.45, 2.75) is 0 Å². The summed E-state index contributed by atoms with van der Waals surface area (Å²) in [5.41, 5.74) is 3.40. The van der Waals surface area contributed by atoms with Crippen molar-refractivity contribution in [3.63, 3.8) is 0 Å². The second kappa shape index (κ2) is 2.44. The quantitative estimate of drug-likeness (QED) is 0.631. The van der Waals surface area contributed by atoms with Crippen molar-refractivity contribution < 1.29 is 4.94 Å². The Labute approximate surface area is 73.4 Å². The van der Waals surface area contributed by atoms with Crippen molar-refractivity contribution in [3.8, 4) is 0 Å². The summed E-state index contributed by atoms with van der Waals surface area (Å²) in [4.78, 5) is 4.90. The highest BCUT2D eigenvalue weighted by Gasteiger charge is 2.19. The van der Waals surface area contributed by atoms with Gasteiger partial charge in [0.25, 0.3) is 0 Å². The second-order valence-corrected chi connectivity index (χ2v) is 2.89. The van der Waals surface area contributed by atoms with Gasteiger partial charge in [-0.3, -0.25) is 0 Å². The molecule has 2 aliphatic heterocycles. The van der Waals surface area contributed by atoms with E-state index in [1.165, 1.54) is 5.06 Å². The van der Waals surface area contributed by atoms with Crippen molar-refractivity contribution >= 4 is 23.2 Å². The number of halogens is 2. The van der Waals surface area contributed by atoms with Crippen molar-refractivity contribution in [2.75, 3.05) is 0 Å². The van der Waals surface area contributed by atoms with E-state index in [-0.39, 0.29) is 0 Å². The van der Waals surface area contributed by atoms with Crippen LogP contribution < -0.4 is 5.48 Å². The first-order valence-corrected chi connectivity index (χ1v) is 3.70. The number of nitrogens with zero attached hydrogens (tertiary/aromatic N) is 1. The SMILES string of the molecule is ClC1=CC2=CNON2C=C1Cl. The second-order valence-electron chi connectivity index (χ2n) is 2.07. The van der Waals surface area contributed by atoms with Gasteiger partial charge in [-0.05, 0) is 6.08 Å². The van der Waals surface area contributed by atoms with Crippen molar-refractivity contribution in [3.05, 3.63) is 34.2 Å². The largest absolute Gasteiger partial charge is 0.247 e. The maximum atomic E-state index is 5.74. The molecule has 3 nitrogen and oxygen atoms in total. The van der Waals surface area contributed by atoms with Gasteiger partial charge in [-0.25, -0.2) is 10.5 Å². The van der Waals surface area contributed by atoms with Gasteiger partial charge in [0.05, 0.1) is 28.2 Å². The summed E-state index contributed by atoms with van der Waals surface area (Å²) in [5.74, 6) is 0. The molecule has 2 rings (SSSR count). The number of rotatable bonds is 0. The van der Waals surface area contributed by atoms with Crippen LogP contribution in [-0.4, -0.2) is 5.06 Å². The van der Waals surface area contributed by atoms with E-state index in [0.29, 0.717) is 10.1 Å². The van der Waals surface area contributed by atoms with Crippen LogP contribution in [-0.2, 0) is 4.94 Å². The molecule has 2 aliphatic rings. The summed E-state index contributed by atoms with van der Waals surface area (Å²) >= 11 is 11.5. The highest BCUT2D eigenvalue weighted by atomic mass is 35.5. The standard InChI is InChI=1S/C6H4Cl2N2O/c7-5-1-4-2-9-11-10(4)3-6(5)8/h1-3,9H. The number of hydrogen-bond donors (Lipinski definition) is 1. The minimum atomic E-state index is 0.465. The number of hydroxylamine groups is 3. The zero-order valence-corrected chi connectivity index (χ0v) is 6.86. The fourth-order valence-corrected chi connectivity index (χ4v) is 1.13. The first-order valence-electron chi connectivity index (χ1n) is 2.94. The molecule has 0 spiro atoms. The molecule has 0 aromatic carbocycles. The van der Waals surface area contributed by atoms with E-state index in [1.807, 2.05) is 0 Å². The Morgan fingerprint density at radius 1 is 1.36 bits per heavy atom. The van der Waals surface area contributed by atoms with Crippen LogP contribution in [0.25, 0.3) is 0 Å². The van der Waals surface area contributed by atoms with Crippen LogP contribution >= 0.6 is 23.2 Å². The molecule has 58 valence electrons. The van der Waals surface area contributed by atoms with Gasteiger partial charge in [0.15, 0.2) is 0 Å². The molecule has 0 radical (unpaired) electrons. The Bertz CT molecular complexity index is 282. The smallest absolute Gasteiger partial charge is 0.0910 e. The molecule has 0 amide bonds. The van der Waals surface area contributed by atoms with Gasteiger partial charge >= 0.3 is 0 Å². The molecule has 0 aromatic rings. The Hall–Kier alpha value is -0.640. The summed E-state index contributed by atoms with van der Waals surface area (Å²) in [7, 11) is 0. The van der Waals surface area contributed by atoms with Gasteiger partial charge in [-0.2, -0.15) is 4.94 Å². The topological polar surface area (TPSA) is 24.5 Å². The maximum absolute atomic E-state index is 5.74. The van der Waals surface area contributed by atoms with Gasteiger partial charge in [-0.1, -0.05) is 23.2 Å². The van der Waals surface area contributed by atoms with Crippen LogP contribution in [0.3, 0.4) is 0 Å². The minimum absolute atomic E-state index is 0.465. The van der Waals surface area contributed by atoms with E-state index in [4.69, 9.17) is 28.1 Å². The van der Waals surface area contributed by atoms with E-state index in [9.17, 15) is 0 Å². The number of allylic oxidation sites excluding steroid dienone is 3. The Morgan fingerprint density at radius 2 is 2.18 bits per heavy atom. The van der Waals surface area contributed by atoms with Gasteiger partial charge < -0.3 is 0 Å². The molecular weight excluding hydrogens is 187 g/mol. The van der Waals surface area contributed by atoms with Gasteiger partial charge in [0.1, 0.15) is 0 Å². The van der Waals surface area contributed by atoms with Crippen LogP contribution in [0.15, 0.2) is 34.2 Å². The summed E-state index contributed by atoms with van der Waals surface area (Å²) in [6, 6.07) is 0. The van der Waals surface area contributed by atoms with E-state index >= 15 is 0 Å². The van der Waals surface area contributed by atoms with E-state index < -0.39 is 0 Å². The van der Waals surface area contributed by atoms with Gasteiger partial charge in [-0.15, -0.1) is 0 Å². The van der Waals surface area contributed by atoms with Crippen LogP contribution in [0.5, 0.6) is 0 Å². The Morgan fingerprint density at radius 3 is 3.00 bits per heavy atom. The Balaban J connectivity index is 2.37. The molecule has 1 N–H and O–H groups in total. The third kappa shape index (κ3) is 1.11. The first-order chi connectivity index (χ1) is 5.27. The number of nitrogens with one attached hydrogen (secondary N) is 1. The normalized spacial score (nSPS) is 21.6. The number of fused-ring (bicyclic) bond motifs is 1. The zero-order valence-electron chi connectivity index (χ0n) is 5.34. The molecule has 0 bridgehead atoms. The van der Waals surface area contributed by atoms with Crippen molar-refractivity contribution in [1.29, 1.82) is 0 Å². The van der Waals surface area contributed by atoms with Crippen LogP contribution in [0, 0.1) is 0 Å². The summed E-state index contributed by atoms with van der Waals surface area (Å²) < 4.78 is 0. The van der Waals surface area contributed by atoms with Crippen LogP contribution in [0.2, 0.25) is 0 Å². The predicted octanol–water partition coefficient (Wildman–Crippen LogP) is 1.80. The maximum Gasteiger partial charge on any atom is 0.0910 e. The predicted molar refractivity (Wildman–Crippen MR) is 42.0 cm³/mol. The third-order valence-corrected chi connectivity index (χ3v) is 2.06. The first kappa shape index (κ1) is 7.03. The lowest BCUT2D eigenvalue weighted by atomic mass is 10.3. The van der Waals surface area contributed by atoms with E-state index in [0.717, 1.165) is 5.70 Å². The molecule has 0 saturated heterocycles.